The molecule has 0 saturated carbocycles. The number of hydrogen-bond donors (Lipinski definition) is 1. The Kier molecular flexibility index (Phi) is 4.49. The molecule has 2 atom stereocenters. The number of rotatable bonds is 1. The lowest BCUT2D eigenvalue weighted by Crippen LogP contribution is -2.36. The lowest BCUT2D eigenvalue weighted by Gasteiger charge is -2.25. The molecule has 26 heavy (non-hydrogen) atoms. The molecule has 0 unspecified atom stereocenters. The molecule has 6 heteroatoms. The van der Waals surface area contributed by atoms with Crippen LogP contribution < -0.4 is 4.90 Å². The van der Waals surface area contributed by atoms with E-state index < -0.39 is 11.7 Å². The molecule has 1 amide bonds. The minimum Gasteiger partial charge on any atom is -0.507 e. The van der Waals surface area contributed by atoms with E-state index in [1.807, 2.05) is 27.7 Å². The van der Waals surface area contributed by atoms with Crippen LogP contribution in [0.5, 0.6) is 5.75 Å². The molecule has 0 aromatic heterocycles. The van der Waals surface area contributed by atoms with Crippen molar-refractivity contribution in [3.63, 3.8) is 0 Å². The summed E-state index contributed by atoms with van der Waals surface area (Å²) in [5.41, 5.74) is 1.34. The van der Waals surface area contributed by atoms with Gasteiger partial charge in [0.05, 0.1) is 17.3 Å². The highest BCUT2D eigenvalue weighted by molar-refractivity contribution is 6.21. The van der Waals surface area contributed by atoms with Crippen LogP contribution in [0.15, 0.2) is 24.3 Å². The lowest BCUT2D eigenvalue weighted by atomic mass is 9.91. The highest BCUT2D eigenvalue weighted by atomic mass is 35.5. The van der Waals surface area contributed by atoms with Gasteiger partial charge in [-0.25, -0.2) is 4.79 Å². The maximum Gasteiger partial charge on any atom is 0.414 e. The number of phenolic OH excluding ortho intramolecular Hbond substituents is 1. The fourth-order valence-electron chi connectivity index (χ4n) is 3.35. The predicted octanol–water partition coefficient (Wildman–Crippen LogP) is 4.88. The zero-order chi connectivity index (χ0) is 19.2. The maximum atomic E-state index is 12.7. The van der Waals surface area contributed by atoms with Crippen LogP contribution in [-0.4, -0.2) is 28.7 Å². The molecule has 2 aromatic carbocycles. The molecule has 0 spiro atoms. The van der Waals surface area contributed by atoms with Crippen LogP contribution in [0.25, 0.3) is 10.8 Å². The molecular formula is C20H21ClN2O3. The predicted molar refractivity (Wildman–Crippen MR) is 102 cm³/mol. The Morgan fingerprint density at radius 2 is 2.08 bits per heavy atom. The van der Waals surface area contributed by atoms with Crippen molar-refractivity contribution in [2.24, 2.45) is 0 Å². The van der Waals surface area contributed by atoms with Crippen molar-refractivity contribution in [3.8, 4) is 11.8 Å². The lowest BCUT2D eigenvalue weighted by molar-refractivity contribution is 0.0582. The van der Waals surface area contributed by atoms with Gasteiger partial charge >= 0.3 is 6.09 Å². The van der Waals surface area contributed by atoms with Gasteiger partial charge in [0.15, 0.2) is 0 Å². The first-order chi connectivity index (χ1) is 12.1. The van der Waals surface area contributed by atoms with Crippen LogP contribution in [0.1, 0.15) is 44.7 Å². The quantitative estimate of drug-likeness (QED) is 0.724. The molecule has 136 valence electrons. The molecule has 0 radical (unpaired) electrons. The van der Waals surface area contributed by atoms with Crippen LogP contribution >= 0.6 is 11.6 Å². The number of aromatic hydroxyl groups is 1. The van der Waals surface area contributed by atoms with Gasteiger partial charge in [0.2, 0.25) is 0 Å². The Labute approximate surface area is 157 Å². The smallest absolute Gasteiger partial charge is 0.414 e. The van der Waals surface area contributed by atoms with Crippen molar-refractivity contribution < 1.29 is 14.6 Å². The van der Waals surface area contributed by atoms with Crippen LogP contribution in [-0.2, 0) is 4.74 Å². The molecule has 1 N–H and O–H groups in total. The number of ether oxygens (including phenoxy) is 1. The van der Waals surface area contributed by atoms with Gasteiger partial charge in [-0.2, -0.15) is 5.26 Å². The van der Waals surface area contributed by atoms with E-state index in [0.717, 1.165) is 10.9 Å². The molecular weight excluding hydrogens is 352 g/mol. The third kappa shape index (κ3) is 3.17. The van der Waals surface area contributed by atoms with Crippen LogP contribution in [0, 0.1) is 11.3 Å². The Morgan fingerprint density at radius 1 is 1.38 bits per heavy atom. The topological polar surface area (TPSA) is 73.6 Å². The standard InChI is InChI=1S/C20H21ClN2O3/c1-11(21)15-10-23(19(25)26-20(2,3)4)16-8-17(24)14-7-12(9-22)5-6-13(14)18(15)16/h5-8,11,15,24H,10H2,1-4H3/t11-,15+/m1/s1. The maximum absolute atomic E-state index is 12.7. The third-order valence-corrected chi connectivity index (χ3v) is 4.78. The molecule has 0 bridgehead atoms. The number of halogens is 1. The van der Waals surface area contributed by atoms with Crippen molar-refractivity contribution in [1.29, 1.82) is 5.26 Å². The number of carbonyl (C=O) groups excluding carboxylic acids is 1. The molecule has 1 aliphatic rings. The number of carbonyl (C=O) groups is 1. The van der Waals surface area contributed by atoms with Gasteiger partial charge in [-0.1, -0.05) is 6.07 Å². The summed E-state index contributed by atoms with van der Waals surface area (Å²) in [6, 6.07) is 8.79. The number of benzene rings is 2. The largest absolute Gasteiger partial charge is 0.507 e. The van der Waals surface area contributed by atoms with Gasteiger partial charge in [-0.15, -0.1) is 11.6 Å². The van der Waals surface area contributed by atoms with E-state index in [-0.39, 0.29) is 17.0 Å². The van der Waals surface area contributed by atoms with Gasteiger partial charge in [-0.05, 0) is 50.8 Å². The normalized spacial score (nSPS) is 17.7. The van der Waals surface area contributed by atoms with E-state index >= 15 is 0 Å². The summed E-state index contributed by atoms with van der Waals surface area (Å²) in [6.07, 6.45) is -0.467. The summed E-state index contributed by atoms with van der Waals surface area (Å²) < 4.78 is 5.51. The first-order valence-corrected chi connectivity index (χ1v) is 8.90. The van der Waals surface area contributed by atoms with Gasteiger partial charge in [0, 0.05) is 29.3 Å². The van der Waals surface area contributed by atoms with Crippen molar-refractivity contribution in [2.75, 3.05) is 11.4 Å². The summed E-state index contributed by atoms with van der Waals surface area (Å²) in [7, 11) is 0. The van der Waals surface area contributed by atoms with Gasteiger partial charge in [0.1, 0.15) is 11.4 Å². The molecule has 5 nitrogen and oxygen atoms in total. The van der Waals surface area contributed by atoms with Crippen LogP contribution in [0.3, 0.4) is 0 Å². The van der Waals surface area contributed by atoms with Gasteiger partial charge in [-0.3, -0.25) is 4.90 Å². The molecule has 0 saturated heterocycles. The average molecular weight is 373 g/mol. The Morgan fingerprint density at radius 3 is 2.65 bits per heavy atom. The Hall–Kier alpha value is -2.45. The number of hydrogen-bond acceptors (Lipinski definition) is 4. The van der Waals surface area contributed by atoms with Crippen LogP contribution in [0.4, 0.5) is 10.5 Å². The summed E-state index contributed by atoms with van der Waals surface area (Å²) in [4.78, 5) is 14.2. The van der Waals surface area contributed by atoms with E-state index in [4.69, 9.17) is 21.6 Å². The first-order valence-electron chi connectivity index (χ1n) is 8.46. The first kappa shape index (κ1) is 18.3. The summed E-state index contributed by atoms with van der Waals surface area (Å²) in [5, 5.41) is 20.8. The van der Waals surface area contributed by atoms with Crippen molar-refractivity contribution in [2.45, 2.75) is 44.6 Å². The van der Waals surface area contributed by atoms with Gasteiger partial charge in [0.25, 0.3) is 0 Å². The van der Waals surface area contributed by atoms with E-state index in [2.05, 4.69) is 6.07 Å². The Bertz CT molecular complexity index is 925. The number of anilines is 1. The monoisotopic (exact) mass is 372 g/mol. The number of phenols is 1. The number of alkyl halides is 1. The van der Waals surface area contributed by atoms with E-state index in [9.17, 15) is 9.90 Å². The fraction of sp³-hybridized carbons (Fsp3) is 0.400. The number of amides is 1. The minimum atomic E-state index is -0.623. The Balaban J connectivity index is 2.19. The zero-order valence-electron chi connectivity index (χ0n) is 15.2. The van der Waals surface area contributed by atoms with E-state index in [1.54, 1.807) is 24.3 Å². The third-order valence-electron chi connectivity index (χ3n) is 4.47. The second kappa shape index (κ2) is 6.37. The molecule has 2 aromatic rings. The van der Waals surface area contributed by atoms with Gasteiger partial charge < -0.3 is 9.84 Å². The number of fused-ring (bicyclic) bond motifs is 3. The fourth-order valence-corrected chi connectivity index (χ4v) is 3.55. The molecule has 1 aliphatic heterocycles. The minimum absolute atomic E-state index is 0.0206. The molecule has 0 fully saturated rings. The summed E-state index contributed by atoms with van der Waals surface area (Å²) in [5.74, 6) is -0.0810. The second-order valence-corrected chi connectivity index (χ2v) is 8.26. The number of nitrogens with zero attached hydrogens (tertiary/aromatic N) is 2. The highest BCUT2D eigenvalue weighted by Crippen LogP contribution is 2.47. The van der Waals surface area contributed by atoms with E-state index in [1.165, 1.54) is 4.90 Å². The van der Waals surface area contributed by atoms with Crippen molar-refractivity contribution >= 4 is 34.2 Å². The second-order valence-electron chi connectivity index (χ2n) is 7.58. The number of nitriles is 1. The van der Waals surface area contributed by atoms with Crippen LogP contribution in [0.2, 0.25) is 0 Å². The SMILES string of the molecule is C[C@@H](Cl)[C@@H]1CN(C(=O)OC(C)(C)C)c2cc(O)c3cc(C#N)ccc3c21. The summed E-state index contributed by atoms with van der Waals surface area (Å²) in [6.45, 7) is 7.70. The highest BCUT2D eigenvalue weighted by Gasteiger charge is 2.38. The van der Waals surface area contributed by atoms with E-state index in [0.29, 0.717) is 23.2 Å². The molecule has 3 rings (SSSR count). The van der Waals surface area contributed by atoms with Crippen molar-refractivity contribution in [1.82, 2.24) is 0 Å². The summed E-state index contributed by atoms with van der Waals surface area (Å²) >= 11 is 6.42. The molecule has 0 aliphatic carbocycles. The average Bonchev–Trinajstić information content (AvgIpc) is 2.92. The zero-order valence-corrected chi connectivity index (χ0v) is 16.0. The van der Waals surface area contributed by atoms with Crippen molar-refractivity contribution in [3.05, 3.63) is 35.4 Å². The molecule has 1 heterocycles.